The number of rotatable bonds is 12. The Hall–Kier alpha value is -4.67. The van der Waals surface area contributed by atoms with Crippen LogP contribution >= 0.6 is 10.3 Å². The smallest absolute Gasteiger partial charge is 0.344 e. The maximum absolute atomic E-state index is 15.0. The number of halogens is 5. The van der Waals surface area contributed by atoms with Gasteiger partial charge in [-0.3, -0.25) is 0 Å². The summed E-state index contributed by atoms with van der Waals surface area (Å²) in [5.41, 5.74) is -1.56. The van der Waals surface area contributed by atoms with Crippen LogP contribution in [-0.4, -0.2) is 44.8 Å². The van der Waals surface area contributed by atoms with E-state index in [1.54, 1.807) is 47.6 Å². The van der Waals surface area contributed by atoms with E-state index >= 15 is 8.78 Å². The summed E-state index contributed by atoms with van der Waals surface area (Å²) >= 11 is 0. The molecule has 0 unspecified atom stereocenters. The van der Waals surface area contributed by atoms with Gasteiger partial charge in [-0.2, -0.15) is 8.42 Å². The van der Waals surface area contributed by atoms with E-state index in [1.165, 1.54) is 72.8 Å². The number of carbonyl (C=O) groups is 2. The van der Waals surface area contributed by atoms with Crippen molar-refractivity contribution in [2.75, 3.05) is 13.2 Å². The molecular weight excluding hydrogens is 736 g/mol. The molecule has 0 aromatic heterocycles. The van der Waals surface area contributed by atoms with Crippen molar-refractivity contribution in [1.82, 2.24) is 0 Å². The normalized spacial score (nSPS) is 12.6. The van der Waals surface area contributed by atoms with Crippen molar-refractivity contribution in [2.45, 2.75) is 72.3 Å². The average Bonchev–Trinajstić information content (AvgIpc) is 3.06. The molecule has 0 aliphatic carbocycles. The molecule has 0 spiro atoms. The van der Waals surface area contributed by atoms with E-state index in [4.69, 9.17) is 22.6 Å². The number of hydrogen-bond acceptors (Lipinski definition) is 9. The monoisotopic (exact) mass is 770 g/mol. The molecule has 0 saturated carbocycles. The summed E-state index contributed by atoms with van der Waals surface area (Å²) in [6.07, 6.45) is 0. The van der Waals surface area contributed by atoms with E-state index in [1.807, 2.05) is 0 Å². The molecule has 0 heterocycles. The first kappa shape index (κ1) is 40.1. The lowest BCUT2D eigenvalue weighted by atomic mass is 10.2. The summed E-state index contributed by atoms with van der Waals surface area (Å²) < 4.78 is 128. The Bertz CT molecular complexity index is 1920. The van der Waals surface area contributed by atoms with Crippen LogP contribution in [0.25, 0.3) is 0 Å². The highest BCUT2D eigenvalue weighted by molar-refractivity contribution is 8.33. The van der Waals surface area contributed by atoms with Gasteiger partial charge in [0, 0.05) is 14.7 Å². The van der Waals surface area contributed by atoms with Crippen LogP contribution in [0.2, 0.25) is 0 Å². The summed E-state index contributed by atoms with van der Waals surface area (Å²) in [7, 11) is -9.53. The van der Waals surface area contributed by atoms with Gasteiger partial charge < -0.3 is 18.9 Å². The fourth-order valence-electron chi connectivity index (χ4n) is 4.59. The van der Waals surface area contributed by atoms with Crippen molar-refractivity contribution in [3.05, 3.63) is 108 Å². The lowest BCUT2D eigenvalue weighted by Gasteiger charge is -2.39. The van der Waals surface area contributed by atoms with E-state index in [9.17, 15) is 31.2 Å². The van der Waals surface area contributed by atoms with E-state index in [2.05, 4.69) is 0 Å². The molecule has 0 amide bonds. The number of hydrogen-bond donors (Lipinski definition) is 0. The van der Waals surface area contributed by atoms with Crippen LogP contribution < -0.4 is 9.47 Å². The standard InChI is InChI=1S/C36H35F5O9S2/c1-35(2,3)48-27(42)20-46-22-12-16-25(17-13-22)51(24-10-8-7-9-11-24,26-18-14-23(15-19-26)47-21-28(43)49-36(4,5)6)50-52(44,45)34-32(40)30(38)29(37)31(39)33(34)41/h7-19H,20-21H2,1-6H3. The van der Waals surface area contributed by atoms with Gasteiger partial charge >= 0.3 is 22.1 Å². The third kappa shape index (κ3) is 9.40. The second-order valence-electron chi connectivity index (χ2n) is 13.0. The Balaban J connectivity index is 1.87. The Morgan fingerprint density at radius 2 is 0.885 bits per heavy atom. The van der Waals surface area contributed by atoms with Gasteiger partial charge in [0.25, 0.3) is 0 Å². The molecule has 9 nitrogen and oxygen atoms in total. The van der Waals surface area contributed by atoms with Crippen molar-refractivity contribution in [1.29, 1.82) is 0 Å². The minimum atomic E-state index is -5.83. The van der Waals surface area contributed by atoms with Gasteiger partial charge in [-0.1, -0.05) is 18.2 Å². The number of ether oxygens (including phenoxy) is 4. The van der Waals surface area contributed by atoms with E-state index < -0.39 is 90.8 Å². The highest BCUT2D eigenvalue weighted by Gasteiger charge is 2.43. The summed E-state index contributed by atoms with van der Waals surface area (Å²) in [4.78, 5) is 22.5. The predicted molar refractivity (Wildman–Crippen MR) is 179 cm³/mol. The summed E-state index contributed by atoms with van der Waals surface area (Å²) in [6.45, 7) is 9.07. The minimum Gasteiger partial charge on any atom is -0.482 e. The average molecular weight is 771 g/mol. The maximum atomic E-state index is 15.0. The van der Waals surface area contributed by atoms with E-state index in [-0.39, 0.29) is 26.2 Å². The molecule has 52 heavy (non-hydrogen) atoms. The molecule has 4 aromatic rings. The van der Waals surface area contributed by atoms with E-state index in [0.717, 1.165) is 0 Å². The van der Waals surface area contributed by atoms with Crippen molar-refractivity contribution >= 4 is 32.4 Å². The fourth-order valence-corrected chi connectivity index (χ4v) is 9.90. The fraction of sp³-hybridized carbons (Fsp3) is 0.278. The number of carbonyl (C=O) groups excluding carboxylic acids is 2. The van der Waals surface area contributed by atoms with Crippen LogP contribution in [0.4, 0.5) is 22.0 Å². The van der Waals surface area contributed by atoms with Crippen molar-refractivity contribution in [2.24, 2.45) is 0 Å². The van der Waals surface area contributed by atoms with Gasteiger partial charge in [0.15, 0.2) is 41.4 Å². The van der Waals surface area contributed by atoms with Crippen LogP contribution in [-0.2, 0) is 32.8 Å². The van der Waals surface area contributed by atoms with Gasteiger partial charge in [0.05, 0.1) is 0 Å². The number of esters is 2. The first-order valence-corrected chi connectivity index (χ1v) is 18.4. The Kier molecular flexibility index (Phi) is 12.0. The van der Waals surface area contributed by atoms with Crippen molar-refractivity contribution in [3.8, 4) is 11.5 Å². The molecule has 0 N–H and O–H groups in total. The van der Waals surface area contributed by atoms with E-state index in [0.29, 0.717) is 0 Å². The largest absolute Gasteiger partial charge is 0.482 e. The van der Waals surface area contributed by atoms with Gasteiger partial charge in [0.2, 0.25) is 5.82 Å². The molecule has 4 aromatic carbocycles. The summed E-state index contributed by atoms with van der Waals surface area (Å²) in [6, 6.07) is 18.4. The third-order valence-corrected chi connectivity index (χ3v) is 11.8. The zero-order valence-electron chi connectivity index (χ0n) is 28.8. The topological polar surface area (TPSA) is 114 Å². The lowest BCUT2D eigenvalue weighted by molar-refractivity contribution is -0.158. The maximum Gasteiger partial charge on any atom is 0.344 e. The van der Waals surface area contributed by atoms with Crippen LogP contribution in [0.1, 0.15) is 41.5 Å². The van der Waals surface area contributed by atoms with Gasteiger partial charge in [-0.05, 0) is 113 Å². The molecule has 0 atom stereocenters. The van der Waals surface area contributed by atoms with Crippen LogP contribution in [0.3, 0.4) is 0 Å². The molecule has 0 aliphatic rings. The van der Waals surface area contributed by atoms with Gasteiger partial charge in [0.1, 0.15) is 22.7 Å². The second-order valence-corrected chi connectivity index (χ2v) is 17.4. The summed E-state index contributed by atoms with van der Waals surface area (Å²) in [5, 5.41) is 0. The van der Waals surface area contributed by atoms with Crippen LogP contribution in [0, 0.1) is 29.1 Å². The molecule has 0 saturated heterocycles. The first-order chi connectivity index (χ1) is 24.1. The van der Waals surface area contributed by atoms with Gasteiger partial charge in [-0.15, -0.1) is 0 Å². The first-order valence-electron chi connectivity index (χ1n) is 15.4. The third-order valence-electron chi connectivity index (χ3n) is 6.55. The molecular formula is C36H35F5O9S2. The van der Waals surface area contributed by atoms with Crippen LogP contribution in [0.15, 0.2) is 98.4 Å². The molecule has 16 heteroatoms. The zero-order chi connectivity index (χ0) is 38.6. The predicted octanol–water partition coefficient (Wildman–Crippen LogP) is 8.43. The Morgan fingerprint density at radius 3 is 1.25 bits per heavy atom. The Labute approximate surface area is 299 Å². The molecule has 4 rings (SSSR count). The highest BCUT2D eigenvalue weighted by atomic mass is 32.3. The van der Waals surface area contributed by atoms with Crippen molar-refractivity contribution in [3.63, 3.8) is 0 Å². The zero-order valence-corrected chi connectivity index (χ0v) is 30.4. The number of benzene rings is 4. The quantitative estimate of drug-likeness (QED) is 0.0606. The second kappa shape index (κ2) is 15.5. The molecule has 0 aliphatic heterocycles. The minimum absolute atomic E-state index is 0.0539. The Morgan fingerprint density at radius 1 is 0.538 bits per heavy atom. The molecule has 0 bridgehead atoms. The van der Waals surface area contributed by atoms with Crippen molar-refractivity contribution < 1.29 is 62.5 Å². The molecule has 0 fully saturated rings. The van der Waals surface area contributed by atoms with Gasteiger partial charge in [-0.25, -0.2) is 35.2 Å². The van der Waals surface area contributed by atoms with Crippen LogP contribution in [0.5, 0.6) is 11.5 Å². The lowest BCUT2D eigenvalue weighted by Crippen LogP contribution is -2.27. The summed E-state index contributed by atoms with van der Waals surface area (Å²) in [5.74, 6) is -13.9. The molecule has 280 valence electrons. The highest BCUT2D eigenvalue weighted by Crippen LogP contribution is 2.70. The molecule has 0 radical (unpaired) electrons. The SMILES string of the molecule is CC(C)(C)OC(=O)COc1ccc(S(OS(=O)(=O)c2c(F)c(F)c(F)c(F)c2F)(c2ccccc2)c2ccc(OCC(=O)OC(C)(C)C)cc2)cc1.